The summed E-state index contributed by atoms with van der Waals surface area (Å²) < 4.78 is 5.81. The summed E-state index contributed by atoms with van der Waals surface area (Å²) in [5.74, 6) is -6.08. The van der Waals surface area contributed by atoms with Crippen LogP contribution in [0, 0.1) is 23.7 Å². The number of imide groups is 2. The molecule has 2 aliphatic heterocycles. The monoisotopic (exact) mass is 716 g/mol. The molecule has 2 saturated heterocycles. The van der Waals surface area contributed by atoms with Crippen LogP contribution < -0.4 is 20.0 Å². The van der Waals surface area contributed by atoms with Crippen LogP contribution in [0.1, 0.15) is 36.8 Å². The molecule has 3 N–H and O–H groups in total. The van der Waals surface area contributed by atoms with Crippen molar-refractivity contribution < 1.29 is 39.1 Å². The van der Waals surface area contributed by atoms with Gasteiger partial charge in [0.2, 0.25) is 23.6 Å². The summed E-state index contributed by atoms with van der Waals surface area (Å²) in [6.45, 7) is 2.06. The molecule has 4 aromatic carbocycles. The summed E-state index contributed by atoms with van der Waals surface area (Å²) in [6.07, 6.45) is 2.17. The first kappa shape index (κ1) is 33.9. The number of halogens is 1. The highest BCUT2D eigenvalue weighted by atomic mass is 35.5. The highest BCUT2D eigenvalue weighted by molar-refractivity contribution is 6.58. The topological polar surface area (TPSA) is 145 Å². The van der Waals surface area contributed by atoms with Crippen LogP contribution in [0.2, 0.25) is 5.02 Å². The van der Waals surface area contributed by atoms with Gasteiger partial charge in [0, 0.05) is 16.5 Å². The number of benzene rings is 4. The number of nitrogens with zero attached hydrogens (tertiary/aromatic N) is 2. The molecule has 10 nitrogen and oxygen atoms in total. The third-order valence-electron chi connectivity index (χ3n) is 11.2. The van der Waals surface area contributed by atoms with Gasteiger partial charge >= 0.3 is 7.12 Å². The first-order valence-corrected chi connectivity index (χ1v) is 17.6. The van der Waals surface area contributed by atoms with E-state index in [0.29, 0.717) is 27.4 Å². The Kier molecular flexibility index (Phi) is 8.32. The molecule has 0 radical (unpaired) electrons. The van der Waals surface area contributed by atoms with Gasteiger partial charge in [-0.3, -0.25) is 24.1 Å². The van der Waals surface area contributed by atoms with Crippen LogP contribution in [0.4, 0.5) is 11.4 Å². The first-order valence-electron chi connectivity index (χ1n) is 17.3. The van der Waals surface area contributed by atoms with Gasteiger partial charge in [0.25, 0.3) is 0 Å². The van der Waals surface area contributed by atoms with Crippen LogP contribution in [0.3, 0.4) is 0 Å². The van der Waals surface area contributed by atoms with Crippen molar-refractivity contribution in [1.29, 1.82) is 0 Å². The lowest BCUT2D eigenvalue weighted by molar-refractivity contribution is -0.127. The lowest BCUT2D eigenvalue weighted by atomic mass is 9.49. The van der Waals surface area contributed by atoms with E-state index in [2.05, 4.69) is 0 Å². The van der Waals surface area contributed by atoms with Gasteiger partial charge in [0.15, 0.2) is 11.5 Å². The van der Waals surface area contributed by atoms with Crippen molar-refractivity contribution >= 4 is 59.2 Å². The number of carbonyl (C=O) groups excluding carboxylic acids is 4. The van der Waals surface area contributed by atoms with E-state index < -0.39 is 65.8 Å². The van der Waals surface area contributed by atoms with Gasteiger partial charge in [0.05, 0.1) is 41.2 Å². The van der Waals surface area contributed by atoms with Crippen molar-refractivity contribution in [1.82, 2.24) is 0 Å². The first-order chi connectivity index (χ1) is 25.1. The molecule has 3 fully saturated rings. The van der Waals surface area contributed by atoms with E-state index in [9.17, 15) is 29.5 Å². The lowest BCUT2D eigenvalue weighted by Gasteiger charge is -2.50. The largest absolute Gasteiger partial charge is 0.504 e. The van der Waals surface area contributed by atoms with Crippen LogP contribution >= 0.6 is 11.6 Å². The van der Waals surface area contributed by atoms with E-state index in [1.54, 1.807) is 73.7 Å². The van der Waals surface area contributed by atoms with Gasteiger partial charge in [-0.1, -0.05) is 83.9 Å². The second-order valence-corrected chi connectivity index (χ2v) is 14.1. The Labute approximate surface area is 305 Å². The molecule has 2 heterocycles. The molecular formula is C40H34BClN2O8. The molecular weight excluding hydrogens is 683 g/mol. The van der Waals surface area contributed by atoms with Crippen molar-refractivity contribution in [2.45, 2.75) is 31.1 Å². The predicted molar refractivity (Wildman–Crippen MR) is 194 cm³/mol. The number of ether oxygens (including phenoxy) is 1. The van der Waals surface area contributed by atoms with Gasteiger partial charge in [0.1, 0.15) is 0 Å². The highest BCUT2D eigenvalue weighted by Crippen LogP contribution is 2.65. The van der Waals surface area contributed by atoms with Crippen LogP contribution in [-0.2, 0) is 24.6 Å². The Morgan fingerprint density at radius 1 is 0.827 bits per heavy atom. The minimum absolute atomic E-state index is 0.0776. The maximum Gasteiger partial charge on any atom is 0.488 e. The van der Waals surface area contributed by atoms with Crippen molar-refractivity contribution in [2.24, 2.45) is 23.7 Å². The van der Waals surface area contributed by atoms with Gasteiger partial charge in [-0.2, -0.15) is 0 Å². The Hall–Kier alpha value is -5.23. The van der Waals surface area contributed by atoms with Crippen molar-refractivity contribution in [3.63, 3.8) is 0 Å². The highest BCUT2D eigenvalue weighted by Gasteiger charge is 2.70. The Bertz CT molecular complexity index is 2180. The molecule has 4 aliphatic rings. The number of allylic oxidation sites excluding steroid dienone is 2. The SMILES string of the molecule is CCOc1cccc(C2C3=CCC4C(=O)N(c5cccc(B(O)O)c5)C(=O)C4C3CC3C(=O)N(c4cccc(Cl)c4)C(=O)C32c2ccccc2)c1O. The molecule has 8 rings (SSSR count). The van der Waals surface area contributed by atoms with Crippen LogP contribution in [-0.4, -0.2) is 52.5 Å². The molecule has 52 heavy (non-hydrogen) atoms. The molecule has 4 aromatic rings. The molecule has 2 aliphatic carbocycles. The summed E-state index contributed by atoms with van der Waals surface area (Å²) in [6, 6.07) is 26.7. The molecule has 1 saturated carbocycles. The number of aromatic hydroxyl groups is 1. The maximum atomic E-state index is 15.4. The number of phenols is 1. The zero-order valence-corrected chi connectivity index (χ0v) is 28.8. The predicted octanol–water partition coefficient (Wildman–Crippen LogP) is 4.49. The smallest absolute Gasteiger partial charge is 0.488 e. The number of hydrogen-bond donors (Lipinski definition) is 3. The number of amides is 4. The summed E-state index contributed by atoms with van der Waals surface area (Å²) in [7, 11) is -1.80. The fourth-order valence-corrected chi connectivity index (χ4v) is 9.40. The Balaban J connectivity index is 1.35. The summed E-state index contributed by atoms with van der Waals surface area (Å²) in [5.41, 5.74) is 0.697. The number of para-hydroxylation sites is 1. The zero-order valence-electron chi connectivity index (χ0n) is 28.1. The summed E-state index contributed by atoms with van der Waals surface area (Å²) >= 11 is 6.39. The average Bonchev–Trinajstić information content (AvgIpc) is 3.53. The lowest BCUT2D eigenvalue weighted by Crippen LogP contribution is -2.53. The molecule has 0 spiro atoms. The number of hydrogen-bond acceptors (Lipinski definition) is 8. The van der Waals surface area contributed by atoms with E-state index in [-0.39, 0.29) is 42.1 Å². The maximum absolute atomic E-state index is 15.4. The van der Waals surface area contributed by atoms with E-state index in [4.69, 9.17) is 16.3 Å². The fourth-order valence-electron chi connectivity index (χ4n) is 9.21. The third-order valence-corrected chi connectivity index (χ3v) is 11.5. The van der Waals surface area contributed by atoms with E-state index in [1.807, 2.05) is 24.3 Å². The minimum atomic E-state index is -1.80. The normalized spacial score (nSPS) is 26.5. The summed E-state index contributed by atoms with van der Waals surface area (Å²) in [4.78, 5) is 61.2. The second-order valence-electron chi connectivity index (χ2n) is 13.7. The standard InChI is InChI=1S/C40H34BClN2O8/c1-2-52-32-16-8-15-29(35(32)45)34-27-17-18-28-33(38(48)43(36(28)46)25-13-6-11-23(19-25)41(50)51)30(27)21-31-37(47)44(26-14-7-12-24(42)20-26)39(49)40(31,34)22-9-4-3-5-10-22/h3-17,19-20,28,30-31,33-34,45,50-51H,2,18,21H2,1H3. The number of fused-ring (bicyclic) bond motifs is 4. The molecule has 12 heteroatoms. The van der Waals surface area contributed by atoms with E-state index in [1.165, 1.54) is 17.0 Å². The molecule has 0 aromatic heterocycles. The summed E-state index contributed by atoms with van der Waals surface area (Å²) in [5, 5.41) is 31.9. The van der Waals surface area contributed by atoms with Crippen molar-refractivity contribution in [2.75, 3.05) is 16.4 Å². The van der Waals surface area contributed by atoms with E-state index in [0.717, 1.165) is 4.90 Å². The average molecular weight is 717 g/mol. The zero-order chi connectivity index (χ0) is 36.5. The second kappa shape index (κ2) is 12.8. The van der Waals surface area contributed by atoms with Gasteiger partial charge in [-0.15, -0.1) is 0 Å². The molecule has 262 valence electrons. The van der Waals surface area contributed by atoms with Gasteiger partial charge in [-0.05, 0) is 73.1 Å². The Morgan fingerprint density at radius 2 is 1.54 bits per heavy atom. The van der Waals surface area contributed by atoms with Crippen molar-refractivity contribution in [3.05, 3.63) is 125 Å². The van der Waals surface area contributed by atoms with Gasteiger partial charge in [-0.25, -0.2) is 4.90 Å². The number of carbonyl (C=O) groups is 4. The molecule has 6 atom stereocenters. The molecule has 4 amide bonds. The quantitative estimate of drug-likeness (QED) is 0.144. The van der Waals surface area contributed by atoms with Crippen molar-refractivity contribution in [3.8, 4) is 11.5 Å². The number of anilines is 2. The van der Waals surface area contributed by atoms with Crippen LogP contribution in [0.15, 0.2) is 109 Å². The third kappa shape index (κ3) is 4.87. The fraction of sp³-hybridized carbons (Fsp3) is 0.250. The molecule has 6 unspecified atom stereocenters. The Morgan fingerprint density at radius 3 is 2.25 bits per heavy atom. The van der Waals surface area contributed by atoms with E-state index >= 15 is 4.79 Å². The van der Waals surface area contributed by atoms with Gasteiger partial charge < -0.3 is 19.9 Å². The van der Waals surface area contributed by atoms with Crippen LogP contribution in [0.25, 0.3) is 0 Å². The van der Waals surface area contributed by atoms with Crippen LogP contribution in [0.5, 0.6) is 11.5 Å². The number of rotatable bonds is 7. The molecule has 0 bridgehead atoms. The number of phenolic OH excluding ortho intramolecular Hbond substituents is 1. The minimum Gasteiger partial charge on any atom is -0.504 e.